The maximum Gasteiger partial charge on any atom is 0.252 e. The summed E-state index contributed by atoms with van der Waals surface area (Å²) in [4.78, 5) is 18.5. The van der Waals surface area contributed by atoms with Crippen molar-refractivity contribution in [3.05, 3.63) is 53.3 Å². The molecule has 0 radical (unpaired) electrons. The highest BCUT2D eigenvalue weighted by molar-refractivity contribution is 6.07. The maximum absolute atomic E-state index is 13.5. The van der Waals surface area contributed by atoms with Gasteiger partial charge in [-0.1, -0.05) is 24.6 Å². The van der Waals surface area contributed by atoms with E-state index in [2.05, 4.69) is 12.2 Å². The number of amides is 1. The highest BCUT2D eigenvalue weighted by Gasteiger charge is 2.42. The summed E-state index contributed by atoms with van der Waals surface area (Å²) in [5.74, 6) is 2.80. The molecule has 1 aromatic carbocycles. The van der Waals surface area contributed by atoms with Gasteiger partial charge in [0, 0.05) is 17.7 Å². The highest BCUT2D eigenvalue weighted by Crippen LogP contribution is 2.49. The first-order valence-electron chi connectivity index (χ1n) is 11.8. The van der Waals surface area contributed by atoms with E-state index in [9.17, 15) is 4.79 Å². The predicted octanol–water partition coefficient (Wildman–Crippen LogP) is 5.16. The molecule has 3 aliphatic carbocycles. The molecule has 31 heavy (non-hydrogen) atoms. The molecule has 5 nitrogen and oxygen atoms in total. The molecular formula is C26H30N4O. The van der Waals surface area contributed by atoms with Crippen LogP contribution in [0.3, 0.4) is 0 Å². The van der Waals surface area contributed by atoms with Gasteiger partial charge in [0.1, 0.15) is 0 Å². The number of aromatic nitrogens is 3. The monoisotopic (exact) mass is 414 g/mol. The Bertz CT molecular complexity index is 1150. The van der Waals surface area contributed by atoms with Crippen LogP contribution in [0, 0.1) is 24.7 Å². The van der Waals surface area contributed by atoms with Crippen molar-refractivity contribution in [3.63, 3.8) is 0 Å². The van der Waals surface area contributed by atoms with E-state index in [4.69, 9.17) is 10.1 Å². The maximum atomic E-state index is 13.5. The van der Waals surface area contributed by atoms with E-state index in [0.29, 0.717) is 11.8 Å². The molecule has 2 heterocycles. The first-order chi connectivity index (χ1) is 15.1. The van der Waals surface area contributed by atoms with Gasteiger partial charge in [-0.05, 0) is 81.9 Å². The summed E-state index contributed by atoms with van der Waals surface area (Å²) < 4.78 is 1.90. The average molecular weight is 415 g/mol. The number of hydrogen-bond acceptors (Lipinski definition) is 3. The minimum absolute atomic E-state index is 0.0280. The number of hydrogen-bond donors (Lipinski definition) is 1. The molecule has 2 bridgehead atoms. The van der Waals surface area contributed by atoms with Gasteiger partial charge in [-0.2, -0.15) is 5.10 Å². The molecule has 4 atom stereocenters. The molecule has 0 saturated heterocycles. The molecule has 1 N–H and O–H groups in total. The molecule has 5 heteroatoms. The molecule has 0 aliphatic heterocycles. The number of carbonyl (C=O) groups is 1. The van der Waals surface area contributed by atoms with Crippen LogP contribution in [0.25, 0.3) is 16.7 Å². The van der Waals surface area contributed by atoms with E-state index in [0.717, 1.165) is 58.3 Å². The molecule has 3 aromatic rings. The lowest BCUT2D eigenvalue weighted by molar-refractivity contribution is 0.0916. The number of carbonyl (C=O) groups excluding carboxylic acids is 1. The minimum Gasteiger partial charge on any atom is -0.349 e. The number of pyridine rings is 1. The van der Waals surface area contributed by atoms with E-state index < -0.39 is 0 Å². The van der Waals surface area contributed by atoms with Gasteiger partial charge < -0.3 is 5.32 Å². The van der Waals surface area contributed by atoms with Gasteiger partial charge in [0.25, 0.3) is 5.91 Å². The Morgan fingerprint density at radius 1 is 1.13 bits per heavy atom. The summed E-state index contributed by atoms with van der Waals surface area (Å²) in [5, 5.41) is 9.04. The second kappa shape index (κ2) is 7.18. The Morgan fingerprint density at radius 3 is 2.61 bits per heavy atom. The van der Waals surface area contributed by atoms with Crippen LogP contribution < -0.4 is 5.32 Å². The molecule has 1 amide bonds. The third-order valence-electron chi connectivity index (χ3n) is 7.87. The van der Waals surface area contributed by atoms with Crippen molar-refractivity contribution in [3.8, 4) is 5.69 Å². The first-order valence-corrected chi connectivity index (χ1v) is 11.8. The van der Waals surface area contributed by atoms with Crippen molar-refractivity contribution in [2.45, 2.75) is 64.3 Å². The average Bonchev–Trinajstić information content (AvgIpc) is 3.28. The van der Waals surface area contributed by atoms with E-state index in [-0.39, 0.29) is 11.9 Å². The van der Waals surface area contributed by atoms with Crippen LogP contribution in [0.2, 0.25) is 0 Å². The van der Waals surface area contributed by atoms with Crippen molar-refractivity contribution < 1.29 is 4.79 Å². The summed E-state index contributed by atoms with van der Waals surface area (Å²) in [6.07, 6.45) is 7.66. The van der Waals surface area contributed by atoms with Gasteiger partial charge >= 0.3 is 0 Å². The smallest absolute Gasteiger partial charge is 0.252 e. The van der Waals surface area contributed by atoms with Gasteiger partial charge in [-0.3, -0.25) is 4.79 Å². The summed E-state index contributed by atoms with van der Waals surface area (Å²) in [5.41, 5.74) is 4.39. The Labute approximate surface area is 183 Å². The van der Waals surface area contributed by atoms with Crippen molar-refractivity contribution in [2.75, 3.05) is 0 Å². The van der Waals surface area contributed by atoms with Crippen LogP contribution in [-0.4, -0.2) is 26.7 Å². The lowest BCUT2D eigenvalue weighted by Gasteiger charge is -2.28. The van der Waals surface area contributed by atoms with Crippen molar-refractivity contribution in [1.29, 1.82) is 0 Å². The zero-order valence-electron chi connectivity index (χ0n) is 18.3. The summed E-state index contributed by atoms with van der Waals surface area (Å²) >= 11 is 0. The molecule has 3 aliphatic rings. The first kappa shape index (κ1) is 19.0. The number of para-hydroxylation sites is 1. The Morgan fingerprint density at radius 2 is 1.94 bits per heavy atom. The zero-order valence-corrected chi connectivity index (χ0v) is 18.3. The lowest BCUT2D eigenvalue weighted by atomic mass is 9.84. The fourth-order valence-electron chi connectivity index (χ4n) is 6.12. The second-order valence-electron chi connectivity index (χ2n) is 10.0. The summed E-state index contributed by atoms with van der Waals surface area (Å²) in [7, 11) is 0. The van der Waals surface area contributed by atoms with E-state index in [1.54, 1.807) is 0 Å². The zero-order chi connectivity index (χ0) is 21.1. The van der Waals surface area contributed by atoms with Gasteiger partial charge in [-0.15, -0.1) is 0 Å². The van der Waals surface area contributed by atoms with Gasteiger partial charge in [0.2, 0.25) is 0 Å². The second-order valence-corrected chi connectivity index (χ2v) is 10.0. The van der Waals surface area contributed by atoms with Crippen LogP contribution in [-0.2, 0) is 0 Å². The quantitative estimate of drug-likeness (QED) is 0.627. The largest absolute Gasteiger partial charge is 0.349 e. The van der Waals surface area contributed by atoms with E-state index in [1.165, 1.54) is 25.7 Å². The topological polar surface area (TPSA) is 59.8 Å². The van der Waals surface area contributed by atoms with Crippen LogP contribution in [0.4, 0.5) is 0 Å². The molecule has 160 valence electrons. The fraction of sp³-hybridized carbons (Fsp3) is 0.500. The van der Waals surface area contributed by atoms with Crippen LogP contribution >= 0.6 is 0 Å². The van der Waals surface area contributed by atoms with Crippen molar-refractivity contribution in [1.82, 2.24) is 20.1 Å². The SMILES string of the molecule is Cc1nn(-c2ccccc2)c2nc(C3CC3)cc(C(=O)N[C@@H](C)[C@H]3C[C@@H]4CC[C@@H]3C4)c12. The molecule has 0 unspecified atom stereocenters. The van der Waals surface area contributed by atoms with Crippen LogP contribution in [0.5, 0.6) is 0 Å². The molecule has 6 rings (SSSR count). The van der Waals surface area contributed by atoms with Gasteiger partial charge in [0.15, 0.2) is 5.65 Å². The minimum atomic E-state index is 0.0280. The molecule has 3 saturated carbocycles. The number of aryl methyl sites for hydroxylation is 1. The summed E-state index contributed by atoms with van der Waals surface area (Å²) in [6.45, 7) is 4.18. The van der Waals surface area contributed by atoms with Crippen molar-refractivity contribution >= 4 is 16.9 Å². The number of fused-ring (bicyclic) bond motifs is 3. The normalized spacial score (nSPS) is 25.8. The van der Waals surface area contributed by atoms with Crippen LogP contribution in [0.15, 0.2) is 36.4 Å². The number of nitrogens with zero attached hydrogens (tertiary/aromatic N) is 3. The van der Waals surface area contributed by atoms with Crippen LogP contribution in [0.1, 0.15) is 73.1 Å². The summed E-state index contributed by atoms with van der Waals surface area (Å²) in [6, 6.07) is 12.3. The lowest BCUT2D eigenvalue weighted by Crippen LogP contribution is -2.40. The standard InChI is InChI=1S/C26H30N4O/c1-15(21-13-17-8-9-19(21)12-17)27-26(31)22-14-23(18-10-11-18)28-25-24(22)16(2)29-30(25)20-6-4-3-5-7-20/h3-7,14-15,17-19,21H,8-13H2,1-2H3,(H,27,31)/t15-,17+,19+,21+/m0/s1. The molecule has 0 spiro atoms. The fourth-order valence-corrected chi connectivity index (χ4v) is 6.12. The number of nitrogens with one attached hydrogen (secondary N) is 1. The third-order valence-corrected chi connectivity index (χ3v) is 7.87. The van der Waals surface area contributed by atoms with E-state index >= 15 is 0 Å². The Hall–Kier alpha value is -2.69. The molecule has 3 fully saturated rings. The Balaban J connectivity index is 1.39. The van der Waals surface area contributed by atoms with Gasteiger partial charge in [-0.25, -0.2) is 9.67 Å². The molecule has 2 aromatic heterocycles. The van der Waals surface area contributed by atoms with Crippen molar-refractivity contribution in [2.24, 2.45) is 17.8 Å². The predicted molar refractivity (Wildman–Crippen MR) is 121 cm³/mol. The highest BCUT2D eigenvalue weighted by atomic mass is 16.1. The Kier molecular flexibility index (Phi) is 4.41. The number of rotatable bonds is 5. The third kappa shape index (κ3) is 3.26. The van der Waals surface area contributed by atoms with E-state index in [1.807, 2.05) is 48.0 Å². The van der Waals surface area contributed by atoms with Gasteiger partial charge in [0.05, 0.1) is 22.3 Å². The number of benzene rings is 1. The molecular weight excluding hydrogens is 384 g/mol.